The second-order valence-corrected chi connectivity index (χ2v) is 8.69. The number of likely N-dealkylation sites (N-methyl/N-ethyl adjacent to an activating group) is 1. The van der Waals surface area contributed by atoms with Crippen LogP contribution in [0.2, 0.25) is 0 Å². The topological polar surface area (TPSA) is 69.2 Å². The van der Waals surface area contributed by atoms with Crippen molar-refractivity contribution < 1.29 is 9.53 Å². The van der Waals surface area contributed by atoms with Gasteiger partial charge in [-0.25, -0.2) is 4.99 Å². The summed E-state index contributed by atoms with van der Waals surface area (Å²) in [6, 6.07) is 8.29. The average molecular weight is 543 g/mol. The molecule has 1 unspecified atom stereocenters. The van der Waals surface area contributed by atoms with E-state index in [-0.39, 0.29) is 36.4 Å². The summed E-state index contributed by atoms with van der Waals surface area (Å²) in [4.78, 5) is 20.9. The lowest BCUT2D eigenvalue weighted by Crippen LogP contribution is -2.47. The number of methoxy groups -OCH3 is 1. The molecule has 2 fully saturated rings. The minimum Gasteiger partial charge on any atom is -0.497 e. The Bertz CT molecular complexity index is 704. The Morgan fingerprint density at radius 2 is 1.90 bits per heavy atom. The molecule has 1 aromatic rings. The van der Waals surface area contributed by atoms with Crippen LogP contribution in [0.1, 0.15) is 37.7 Å². The quantitative estimate of drug-likeness (QED) is 0.300. The molecule has 1 aliphatic heterocycles. The van der Waals surface area contributed by atoms with Crippen LogP contribution in [-0.2, 0) is 11.3 Å². The average Bonchev–Trinajstić information content (AvgIpc) is 3.42. The highest BCUT2D eigenvalue weighted by Gasteiger charge is 2.26. The van der Waals surface area contributed by atoms with Gasteiger partial charge in [-0.1, -0.05) is 25.0 Å². The zero-order valence-electron chi connectivity index (χ0n) is 19.1. The highest BCUT2D eigenvalue weighted by Crippen LogP contribution is 2.26. The molecule has 8 heteroatoms. The number of benzene rings is 1. The van der Waals surface area contributed by atoms with E-state index in [9.17, 15) is 4.79 Å². The van der Waals surface area contributed by atoms with E-state index in [1.54, 1.807) is 26.1 Å². The Balaban J connectivity index is 0.00000341. The molecule has 2 N–H and O–H groups in total. The first-order valence-corrected chi connectivity index (χ1v) is 11.1. The van der Waals surface area contributed by atoms with Gasteiger partial charge in [0.15, 0.2) is 5.96 Å². The van der Waals surface area contributed by atoms with E-state index in [0.717, 1.165) is 36.7 Å². The van der Waals surface area contributed by atoms with E-state index in [2.05, 4.69) is 15.5 Å². The van der Waals surface area contributed by atoms with Gasteiger partial charge in [0.25, 0.3) is 0 Å². The maximum absolute atomic E-state index is 12.0. The van der Waals surface area contributed by atoms with Gasteiger partial charge in [-0.05, 0) is 42.9 Å². The van der Waals surface area contributed by atoms with Crippen LogP contribution in [0.25, 0.3) is 0 Å². The first kappa shape index (κ1) is 25.7. The van der Waals surface area contributed by atoms with Crippen molar-refractivity contribution in [3.05, 3.63) is 29.8 Å². The summed E-state index contributed by atoms with van der Waals surface area (Å²) in [5, 5.41) is 6.77. The first-order valence-electron chi connectivity index (χ1n) is 11.1. The van der Waals surface area contributed by atoms with Crippen LogP contribution in [-0.4, -0.2) is 75.1 Å². The van der Waals surface area contributed by atoms with Crippen molar-refractivity contribution in [2.45, 2.75) is 44.7 Å². The van der Waals surface area contributed by atoms with Crippen molar-refractivity contribution in [1.82, 2.24) is 20.4 Å². The number of guanidine groups is 1. The first-order chi connectivity index (χ1) is 14.5. The van der Waals surface area contributed by atoms with Gasteiger partial charge in [-0.2, -0.15) is 0 Å². The molecule has 1 heterocycles. The number of ether oxygens (including phenoxy) is 1. The fraction of sp³-hybridized carbons (Fsp3) is 0.652. The van der Waals surface area contributed by atoms with Gasteiger partial charge in [-0.15, -0.1) is 24.0 Å². The molecule has 0 bridgehead atoms. The number of halogens is 1. The number of amides is 1. The lowest BCUT2D eigenvalue weighted by molar-refractivity contribution is -0.127. The number of hydrogen-bond donors (Lipinski definition) is 2. The molecule has 7 nitrogen and oxygen atoms in total. The van der Waals surface area contributed by atoms with E-state index >= 15 is 0 Å². The zero-order chi connectivity index (χ0) is 21.3. The van der Waals surface area contributed by atoms with Gasteiger partial charge >= 0.3 is 0 Å². The monoisotopic (exact) mass is 543 g/mol. The summed E-state index contributed by atoms with van der Waals surface area (Å²) in [6.45, 7) is 4.19. The van der Waals surface area contributed by atoms with Crippen LogP contribution >= 0.6 is 24.0 Å². The Morgan fingerprint density at radius 1 is 1.19 bits per heavy atom. The molecular weight excluding hydrogens is 505 g/mol. The molecule has 0 radical (unpaired) electrons. The van der Waals surface area contributed by atoms with Crippen molar-refractivity contribution >= 4 is 35.8 Å². The normalized spacial score (nSPS) is 19.7. The molecule has 1 amide bonds. The largest absolute Gasteiger partial charge is 0.497 e. The van der Waals surface area contributed by atoms with Crippen molar-refractivity contribution in [2.24, 2.45) is 10.9 Å². The van der Waals surface area contributed by atoms with Crippen molar-refractivity contribution in [3.63, 3.8) is 0 Å². The van der Waals surface area contributed by atoms with Crippen LogP contribution in [0.4, 0.5) is 0 Å². The molecule has 1 aromatic carbocycles. The minimum atomic E-state index is 0. The molecule has 0 spiro atoms. The second-order valence-electron chi connectivity index (χ2n) is 8.69. The highest BCUT2D eigenvalue weighted by atomic mass is 127. The smallest absolute Gasteiger partial charge is 0.241 e. The summed E-state index contributed by atoms with van der Waals surface area (Å²) in [5.74, 6) is 2.45. The van der Waals surface area contributed by atoms with Crippen LogP contribution in [0.5, 0.6) is 5.75 Å². The predicted molar refractivity (Wildman–Crippen MR) is 136 cm³/mol. The van der Waals surface area contributed by atoms with Crippen LogP contribution in [0.15, 0.2) is 29.3 Å². The predicted octanol–water partition coefficient (Wildman–Crippen LogP) is 2.70. The summed E-state index contributed by atoms with van der Waals surface area (Å²) < 4.78 is 5.22. The zero-order valence-corrected chi connectivity index (χ0v) is 21.4. The van der Waals surface area contributed by atoms with Gasteiger partial charge < -0.3 is 25.2 Å². The Morgan fingerprint density at radius 3 is 2.55 bits per heavy atom. The van der Waals surface area contributed by atoms with Crippen molar-refractivity contribution in [3.8, 4) is 5.75 Å². The number of carbonyl (C=O) groups is 1. The Labute approximate surface area is 204 Å². The van der Waals surface area contributed by atoms with Crippen molar-refractivity contribution in [2.75, 3.05) is 47.4 Å². The SMILES string of the molecule is COc1ccc(CN=C(NCC(=O)N(C)C)NC2CCN(CC3CCCC3)C2)cc1.I. The number of aliphatic imine (C=N–C) groups is 1. The number of nitrogens with zero attached hydrogens (tertiary/aromatic N) is 3. The fourth-order valence-corrected chi connectivity index (χ4v) is 4.24. The van der Waals surface area contributed by atoms with Crippen LogP contribution in [0.3, 0.4) is 0 Å². The summed E-state index contributed by atoms with van der Waals surface area (Å²) in [5.41, 5.74) is 1.10. The molecule has 1 saturated carbocycles. The maximum Gasteiger partial charge on any atom is 0.241 e. The standard InChI is InChI=1S/C23H37N5O2.HI/c1-27(2)22(29)15-25-23(24-14-18-8-10-21(30-3)11-9-18)26-20-12-13-28(17-20)16-19-6-4-5-7-19;/h8-11,19-20H,4-7,12-17H2,1-3H3,(H2,24,25,26);1H. The Hall–Kier alpha value is -1.55. The van der Waals surface area contributed by atoms with Gasteiger partial charge in [0.2, 0.25) is 5.91 Å². The third kappa shape index (κ3) is 8.48. The highest BCUT2D eigenvalue weighted by molar-refractivity contribution is 14.0. The molecule has 0 aromatic heterocycles. The number of likely N-dealkylation sites (tertiary alicyclic amines) is 1. The van der Waals surface area contributed by atoms with Gasteiger partial charge in [-0.3, -0.25) is 4.79 Å². The lowest BCUT2D eigenvalue weighted by atomic mass is 10.1. The van der Waals surface area contributed by atoms with Gasteiger partial charge in [0, 0.05) is 39.8 Å². The van der Waals surface area contributed by atoms with E-state index in [4.69, 9.17) is 9.73 Å². The number of rotatable bonds is 8. The molecule has 3 rings (SSSR count). The number of carbonyl (C=O) groups excluding carboxylic acids is 1. The molecule has 1 atom stereocenters. The summed E-state index contributed by atoms with van der Waals surface area (Å²) in [6.07, 6.45) is 6.67. The Kier molecular flexibility index (Phi) is 10.9. The van der Waals surface area contributed by atoms with Gasteiger partial charge in [0.1, 0.15) is 5.75 Å². The molecule has 1 saturated heterocycles. The molecular formula is C23H38IN5O2. The molecule has 1 aliphatic carbocycles. The second kappa shape index (κ2) is 13.1. The molecule has 2 aliphatic rings. The fourth-order valence-electron chi connectivity index (χ4n) is 4.24. The summed E-state index contributed by atoms with van der Waals surface area (Å²) in [7, 11) is 5.20. The third-order valence-electron chi connectivity index (χ3n) is 6.09. The van der Waals surface area contributed by atoms with Crippen LogP contribution in [0, 0.1) is 5.92 Å². The van der Waals surface area contributed by atoms with E-state index in [0.29, 0.717) is 18.5 Å². The molecule has 31 heavy (non-hydrogen) atoms. The molecule has 174 valence electrons. The van der Waals surface area contributed by atoms with Crippen molar-refractivity contribution in [1.29, 1.82) is 0 Å². The number of hydrogen-bond acceptors (Lipinski definition) is 4. The summed E-state index contributed by atoms with van der Waals surface area (Å²) >= 11 is 0. The van der Waals surface area contributed by atoms with E-state index in [1.807, 2.05) is 24.3 Å². The van der Waals surface area contributed by atoms with Gasteiger partial charge in [0.05, 0.1) is 20.2 Å². The third-order valence-corrected chi connectivity index (χ3v) is 6.09. The lowest BCUT2D eigenvalue weighted by Gasteiger charge is -2.21. The maximum atomic E-state index is 12.0. The van der Waals surface area contributed by atoms with E-state index in [1.165, 1.54) is 32.2 Å². The van der Waals surface area contributed by atoms with Crippen LogP contribution < -0.4 is 15.4 Å². The van der Waals surface area contributed by atoms with E-state index < -0.39 is 0 Å². The minimum absolute atomic E-state index is 0. The number of nitrogens with one attached hydrogen (secondary N) is 2.